The molecule has 0 amide bonds. The van der Waals surface area contributed by atoms with Crippen molar-refractivity contribution in [3.63, 3.8) is 0 Å². The Morgan fingerprint density at radius 1 is 1.55 bits per heavy atom. The molecule has 2 aliphatic rings. The maximum Gasteiger partial charge on any atom is 0.148 e. The molecule has 0 aliphatic carbocycles. The largest absolute Gasteiger partial charge is 0.298 e. The van der Waals surface area contributed by atoms with Crippen molar-refractivity contribution < 1.29 is 4.79 Å². The number of hydrogen-bond acceptors (Lipinski definition) is 3. The van der Waals surface area contributed by atoms with E-state index in [-0.39, 0.29) is 11.8 Å². The minimum Gasteiger partial charge on any atom is -0.298 e. The van der Waals surface area contributed by atoms with Crippen LogP contribution in [0.25, 0.3) is 0 Å². The van der Waals surface area contributed by atoms with E-state index in [1.54, 1.807) is 6.92 Å². The van der Waals surface area contributed by atoms with Gasteiger partial charge in [0.15, 0.2) is 0 Å². The van der Waals surface area contributed by atoms with E-state index in [4.69, 9.17) is 0 Å². The number of carbonyl (C=O) groups excluding carboxylic acids is 1. The number of thioether (sulfide) groups is 1. The molecule has 0 N–H and O–H groups in total. The molecule has 3 atom stereocenters. The molecule has 0 aromatic heterocycles. The van der Waals surface area contributed by atoms with Gasteiger partial charge in [-0.05, 0) is 14.0 Å². The van der Waals surface area contributed by atoms with Crippen molar-refractivity contribution in [2.45, 2.75) is 23.6 Å². The van der Waals surface area contributed by atoms with E-state index in [0.717, 1.165) is 0 Å². The fourth-order valence-corrected chi connectivity index (χ4v) is 3.32. The Labute approximate surface area is 70.6 Å². The number of Topliss-reactive ketones (excluding diaryl/α,β-unsaturated/α-hetero) is 1. The standard InChI is InChI=1S/C8H11NOS/c1-5(10)8-6-3-4-7(11-6)9(8)2/h3-4,6-8H,1-2H3. The van der Waals surface area contributed by atoms with Gasteiger partial charge in [-0.25, -0.2) is 0 Å². The molecule has 0 radical (unpaired) electrons. The fraction of sp³-hybridized carbons (Fsp3) is 0.625. The molecule has 2 heterocycles. The molecule has 0 aromatic carbocycles. The molecule has 0 saturated carbocycles. The smallest absolute Gasteiger partial charge is 0.148 e. The Balaban J connectivity index is 2.25. The minimum absolute atomic E-state index is 0.134. The number of fused-ring (bicyclic) bond motifs is 2. The highest BCUT2D eigenvalue weighted by Crippen LogP contribution is 2.41. The fourth-order valence-electron chi connectivity index (χ4n) is 1.78. The third kappa shape index (κ3) is 0.948. The Bertz CT molecular complexity index is 226. The summed E-state index contributed by atoms with van der Waals surface area (Å²) in [6.45, 7) is 1.68. The van der Waals surface area contributed by atoms with E-state index < -0.39 is 0 Å². The molecule has 2 aliphatic heterocycles. The van der Waals surface area contributed by atoms with Crippen molar-refractivity contribution >= 4 is 17.5 Å². The topological polar surface area (TPSA) is 20.3 Å². The van der Waals surface area contributed by atoms with Crippen LogP contribution in [0.1, 0.15) is 6.92 Å². The van der Waals surface area contributed by atoms with Gasteiger partial charge in [0.25, 0.3) is 0 Å². The number of likely N-dealkylation sites (N-methyl/N-ethyl adjacent to an activating group) is 1. The van der Waals surface area contributed by atoms with E-state index in [0.29, 0.717) is 10.6 Å². The van der Waals surface area contributed by atoms with Gasteiger partial charge in [0.1, 0.15) is 5.78 Å². The van der Waals surface area contributed by atoms with Gasteiger partial charge < -0.3 is 0 Å². The SMILES string of the molecule is CC(=O)C1C2C=CC(S2)N1C. The summed E-state index contributed by atoms with van der Waals surface area (Å²) in [5, 5.41) is 0.872. The molecule has 3 heteroatoms. The van der Waals surface area contributed by atoms with Gasteiger partial charge in [-0.2, -0.15) is 0 Å². The highest BCUT2D eigenvalue weighted by Gasteiger charge is 2.43. The second-order valence-corrected chi connectivity index (χ2v) is 4.40. The molecule has 1 saturated heterocycles. The molecule has 0 spiro atoms. The zero-order valence-corrected chi connectivity index (χ0v) is 7.47. The second kappa shape index (κ2) is 2.35. The molecular formula is C8H11NOS. The summed E-state index contributed by atoms with van der Waals surface area (Å²) in [5.41, 5.74) is 0. The lowest BCUT2D eigenvalue weighted by atomic mass is 10.1. The zero-order chi connectivity index (χ0) is 8.01. The maximum absolute atomic E-state index is 11.2. The van der Waals surface area contributed by atoms with E-state index in [9.17, 15) is 4.79 Å². The summed E-state index contributed by atoms with van der Waals surface area (Å²) in [5.74, 6) is 0.289. The van der Waals surface area contributed by atoms with Gasteiger partial charge in [-0.3, -0.25) is 9.69 Å². The molecule has 3 unspecified atom stereocenters. The summed E-state index contributed by atoms with van der Waals surface area (Å²) >= 11 is 1.87. The van der Waals surface area contributed by atoms with Crippen LogP contribution in [0, 0.1) is 0 Å². The average Bonchev–Trinajstić information content (AvgIpc) is 2.44. The van der Waals surface area contributed by atoms with Crippen molar-refractivity contribution in [2.24, 2.45) is 0 Å². The summed E-state index contributed by atoms with van der Waals surface area (Å²) < 4.78 is 0. The number of ketones is 1. The van der Waals surface area contributed by atoms with Gasteiger partial charge >= 0.3 is 0 Å². The first-order valence-electron chi connectivity index (χ1n) is 3.76. The van der Waals surface area contributed by atoms with Crippen molar-refractivity contribution in [2.75, 3.05) is 7.05 Å². The van der Waals surface area contributed by atoms with Crippen LogP contribution in [0.5, 0.6) is 0 Å². The predicted molar refractivity (Wildman–Crippen MR) is 46.5 cm³/mol. The van der Waals surface area contributed by atoms with Crippen LogP contribution >= 0.6 is 11.8 Å². The van der Waals surface area contributed by atoms with Crippen molar-refractivity contribution in [1.82, 2.24) is 4.90 Å². The lowest BCUT2D eigenvalue weighted by molar-refractivity contribution is -0.121. The number of hydrogen-bond donors (Lipinski definition) is 0. The first-order valence-corrected chi connectivity index (χ1v) is 4.70. The molecule has 1 fully saturated rings. The van der Waals surface area contributed by atoms with Crippen molar-refractivity contribution in [1.29, 1.82) is 0 Å². The zero-order valence-electron chi connectivity index (χ0n) is 6.65. The highest BCUT2D eigenvalue weighted by atomic mass is 32.2. The summed E-state index contributed by atoms with van der Waals surface area (Å²) in [6, 6.07) is 0.134. The first kappa shape index (κ1) is 7.37. The number of carbonyl (C=O) groups is 1. The van der Waals surface area contributed by atoms with Crippen LogP contribution in [0.3, 0.4) is 0 Å². The molecule has 0 aromatic rings. The van der Waals surface area contributed by atoms with Gasteiger partial charge in [0, 0.05) is 5.25 Å². The van der Waals surface area contributed by atoms with Crippen LogP contribution in [0.4, 0.5) is 0 Å². The van der Waals surface area contributed by atoms with E-state index >= 15 is 0 Å². The van der Waals surface area contributed by atoms with Gasteiger partial charge in [0.2, 0.25) is 0 Å². The van der Waals surface area contributed by atoms with Gasteiger partial charge in [0.05, 0.1) is 11.4 Å². The van der Waals surface area contributed by atoms with Crippen molar-refractivity contribution in [3.8, 4) is 0 Å². The van der Waals surface area contributed by atoms with Crippen LogP contribution in [-0.2, 0) is 4.79 Å². The predicted octanol–water partition coefficient (Wildman–Crippen LogP) is 0.887. The van der Waals surface area contributed by atoms with Crippen LogP contribution in [0.15, 0.2) is 12.2 Å². The monoisotopic (exact) mass is 169 g/mol. The average molecular weight is 169 g/mol. The molecule has 11 heavy (non-hydrogen) atoms. The second-order valence-electron chi connectivity index (χ2n) is 3.10. The van der Waals surface area contributed by atoms with E-state index in [2.05, 4.69) is 17.1 Å². The Morgan fingerprint density at radius 3 is 2.64 bits per heavy atom. The molecule has 2 rings (SSSR count). The summed E-state index contributed by atoms with van der Waals surface area (Å²) in [4.78, 5) is 13.3. The Morgan fingerprint density at radius 2 is 2.27 bits per heavy atom. The van der Waals surface area contributed by atoms with Gasteiger partial charge in [-0.15, -0.1) is 11.8 Å². The highest BCUT2D eigenvalue weighted by molar-refractivity contribution is 8.01. The van der Waals surface area contributed by atoms with E-state index in [1.165, 1.54) is 0 Å². The lowest BCUT2D eigenvalue weighted by Crippen LogP contribution is -2.41. The van der Waals surface area contributed by atoms with Gasteiger partial charge in [-0.1, -0.05) is 12.2 Å². The third-order valence-corrected chi connectivity index (χ3v) is 3.83. The lowest BCUT2D eigenvalue weighted by Gasteiger charge is -2.24. The first-order chi connectivity index (χ1) is 5.20. The maximum atomic E-state index is 11.2. The third-order valence-electron chi connectivity index (χ3n) is 2.33. The molecule has 60 valence electrons. The van der Waals surface area contributed by atoms with Crippen LogP contribution in [-0.4, -0.2) is 34.4 Å². The Hall–Kier alpha value is -0.280. The quantitative estimate of drug-likeness (QED) is 0.544. The van der Waals surface area contributed by atoms with Crippen LogP contribution < -0.4 is 0 Å². The number of nitrogens with zero attached hydrogens (tertiary/aromatic N) is 1. The molecular weight excluding hydrogens is 158 g/mol. The van der Waals surface area contributed by atoms with E-state index in [1.807, 2.05) is 18.8 Å². The summed E-state index contributed by atoms with van der Waals surface area (Å²) in [6.07, 6.45) is 4.33. The molecule has 2 bridgehead atoms. The number of rotatable bonds is 1. The minimum atomic E-state index is 0.134. The van der Waals surface area contributed by atoms with Crippen LogP contribution in [0.2, 0.25) is 0 Å². The Kier molecular flexibility index (Phi) is 1.58. The summed E-state index contributed by atoms with van der Waals surface area (Å²) in [7, 11) is 2.02. The molecule has 2 nitrogen and oxygen atoms in total. The normalized spacial score (nSPS) is 41.8. The van der Waals surface area contributed by atoms with Crippen molar-refractivity contribution in [3.05, 3.63) is 12.2 Å².